The normalized spacial score (nSPS) is 14.4. The zero-order valence-electron chi connectivity index (χ0n) is 18.7. The summed E-state index contributed by atoms with van der Waals surface area (Å²) in [4.78, 5) is 28.6. The quantitative estimate of drug-likeness (QED) is 0.447. The third-order valence-electron chi connectivity index (χ3n) is 5.30. The molecule has 2 aromatic carbocycles. The largest absolute Gasteiger partial charge is 0.573 e. The van der Waals surface area contributed by atoms with E-state index in [9.17, 15) is 22.8 Å². The van der Waals surface area contributed by atoms with Gasteiger partial charge in [0, 0.05) is 44.1 Å². The van der Waals surface area contributed by atoms with Crippen molar-refractivity contribution in [3.63, 3.8) is 0 Å². The van der Waals surface area contributed by atoms with Crippen molar-refractivity contribution in [2.75, 3.05) is 56.6 Å². The maximum absolute atomic E-state index is 12.2. The number of nitrogens with one attached hydrogen (secondary N) is 2. The Bertz CT molecular complexity index is 944. The minimum atomic E-state index is -4.80. The summed E-state index contributed by atoms with van der Waals surface area (Å²) < 4.78 is 45.5. The number of alkyl halides is 3. The lowest BCUT2D eigenvalue weighted by Crippen LogP contribution is -2.47. The Morgan fingerprint density at radius 2 is 1.53 bits per heavy atom. The second-order valence-electron chi connectivity index (χ2n) is 7.66. The minimum Gasteiger partial charge on any atom is -0.497 e. The smallest absolute Gasteiger partial charge is 0.497 e. The van der Waals surface area contributed by atoms with Crippen molar-refractivity contribution in [1.29, 1.82) is 0 Å². The number of amides is 2. The third-order valence-corrected chi connectivity index (χ3v) is 5.30. The number of nitrogens with zero attached hydrogens (tertiary/aromatic N) is 2. The number of carbonyl (C=O) groups excluding carboxylic acids is 2. The number of hydrogen-bond acceptors (Lipinski definition) is 6. The average molecular weight is 480 g/mol. The molecule has 2 N–H and O–H groups in total. The average Bonchev–Trinajstić information content (AvgIpc) is 2.82. The Hall–Kier alpha value is -3.47. The first kappa shape index (κ1) is 25.2. The van der Waals surface area contributed by atoms with Crippen molar-refractivity contribution in [1.82, 2.24) is 10.2 Å². The number of methoxy groups -OCH3 is 1. The van der Waals surface area contributed by atoms with Crippen LogP contribution < -0.4 is 25.0 Å². The highest BCUT2D eigenvalue weighted by atomic mass is 19.4. The first-order valence-electron chi connectivity index (χ1n) is 10.8. The summed E-state index contributed by atoms with van der Waals surface area (Å²) in [6.07, 6.45) is -4.11. The summed E-state index contributed by atoms with van der Waals surface area (Å²) in [5.41, 5.74) is 1.34. The van der Waals surface area contributed by atoms with Gasteiger partial charge in [-0.05, 0) is 61.5 Å². The van der Waals surface area contributed by atoms with Crippen LogP contribution in [0.3, 0.4) is 0 Å². The predicted octanol–water partition coefficient (Wildman–Crippen LogP) is 2.86. The fourth-order valence-corrected chi connectivity index (χ4v) is 3.54. The molecule has 1 fully saturated rings. The molecule has 0 aromatic heterocycles. The molecule has 2 aromatic rings. The maximum atomic E-state index is 12.2. The van der Waals surface area contributed by atoms with Gasteiger partial charge in [-0.25, -0.2) is 0 Å². The van der Waals surface area contributed by atoms with E-state index in [1.54, 1.807) is 7.11 Å². The van der Waals surface area contributed by atoms with Gasteiger partial charge >= 0.3 is 18.2 Å². The van der Waals surface area contributed by atoms with Gasteiger partial charge in [-0.3, -0.25) is 14.5 Å². The molecular formula is C23H27F3N4O4. The van der Waals surface area contributed by atoms with Crippen molar-refractivity contribution >= 4 is 23.2 Å². The Morgan fingerprint density at radius 1 is 0.912 bits per heavy atom. The zero-order valence-corrected chi connectivity index (χ0v) is 18.7. The van der Waals surface area contributed by atoms with Gasteiger partial charge in [0.15, 0.2) is 0 Å². The van der Waals surface area contributed by atoms with Crippen LogP contribution in [-0.2, 0) is 9.59 Å². The second kappa shape index (κ2) is 11.6. The SMILES string of the molecule is COc1ccc(N2CCN(CCCNC(=O)C(=O)Nc3ccc(OC(F)(F)F)cc3)CC2)cc1. The van der Waals surface area contributed by atoms with Crippen LogP contribution in [-0.4, -0.2) is 69.5 Å². The lowest BCUT2D eigenvalue weighted by Gasteiger charge is -2.36. The van der Waals surface area contributed by atoms with Crippen LogP contribution in [0.4, 0.5) is 24.5 Å². The summed E-state index contributed by atoms with van der Waals surface area (Å²) in [5, 5.41) is 4.89. The number of rotatable bonds is 8. The molecular weight excluding hydrogens is 453 g/mol. The molecule has 1 saturated heterocycles. The molecule has 0 unspecified atom stereocenters. The first-order chi connectivity index (χ1) is 16.2. The van der Waals surface area contributed by atoms with E-state index in [2.05, 4.69) is 25.2 Å². The number of anilines is 2. The van der Waals surface area contributed by atoms with Crippen LogP contribution in [0.25, 0.3) is 0 Å². The van der Waals surface area contributed by atoms with E-state index in [1.807, 2.05) is 24.3 Å². The summed E-state index contributed by atoms with van der Waals surface area (Å²) in [6, 6.07) is 12.5. The highest BCUT2D eigenvalue weighted by Gasteiger charge is 2.31. The number of benzene rings is 2. The first-order valence-corrected chi connectivity index (χ1v) is 10.8. The summed E-state index contributed by atoms with van der Waals surface area (Å²) in [7, 11) is 1.64. The number of hydrogen-bond donors (Lipinski definition) is 2. The molecule has 0 spiro atoms. The van der Waals surface area contributed by atoms with E-state index in [4.69, 9.17) is 4.74 Å². The van der Waals surface area contributed by atoms with Crippen molar-refractivity contribution < 1.29 is 32.2 Å². The van der Waals surface area contributed by atoms with Gasteiger partial charge in [0.2, 0.25) is 0 Å². The Labute approximate surface area is 195 Å². The molecule has 1 heterocycles. The van der Waals surface area contributed by atoms with Crippen LogP contribution >= 0.6 is 0 Å². The molecule has 34 heavy (non-hydrogen) atoms. The van der Waals surface area contributed by atoms with E-state index in [-0.39, 0.29) is 5.69 Å². The number of carbonyl (C=O) groups is 2. The van der Waals surface area contributed by atoms with E-state index in [0.717, 1.165) is 56.3 Å². The van der Waals surface area contributed by atoms with Crippen molar-refractivity contribution in [2.45, 2.75) is 12.8 Å². The molecule has 0 aliphatic carbocycles. The van der Waals surface area contributed by atoms with E-state index >= 15 is 0 Å². The van der Waals surface area contributed by atoms with Gasteiger partial charge in [-0.1, -0.05) is 0 Å². The lowest BCUT2D eigenvalue weighted by molar-refractivity contribution is -0.274. The van der Waals surface area contributed by atoms with Crippen LogP contribution in [0.5, 0.6) is 11.5 Å². The predicted molar refractivity (Wildman–Crippen MR) is 121 cm³/mol. The highest BCUT2D eigenvalue weighted by Crippen LogP contribution is 2.24. The van der Waals surface area contributed by atoms with Crippen molar-refractivity contribution in [3.05, 3.63) is 48.5 Å². The molecule has 8 nitrogen and oxygen atoms in total. The Balaban J connectivity index is 1.31. The molecule has 3 rings (SSSR count). The summed E-state index contributed by atoms with van der Waals surface area (Å²) in [6.45, 7) is 4.72. The van der Waals surface area contributed by atoms with Gasteiger partial charge in [0.1, 0.15) is 11.5 Å². The Kier molecular flexibility index (Phi) is 8.58. The van der Waals surface area contributed by atoms with E-state index in [1.165, 1.54) is 12.1 Å². The zero-order chi connectivity index (χ0) is 24.6. The van der Waals surface area contributed by atoms with Gasteiger partial charge in [0.05, 0.1) is 7.11 Å². The second-order valence-corrected chi connectivity index (χ2v) is 7.66. The van der Waals surface area contributed by atoms with Crippen LogP contribution in [0, 0.1) is 0 Å². The van der Waals surface area contributed by atoms with Crippen molar-refractivity contribution in [2.24, 2.45) is 0 Å². The fourth-order valence-electron chi connectivity index (χ4n) is 3.54. The van der Waals surface area contributed by atoms with Gasteiger partial charge < -0.3 is 25.0 Å². The summed E-state index contributed by atoms with van der Waals surface area (Å²) >= 11 is 0. The Morgan fingerprint density at radius 3 is 2.12 bits per heavy atom. The molecule has 1 aliphatic heterocycles. The van der Waals surface area contributed by atoms with E-state index < -0.39 is 23.9 Å². The maximum Gasteiger partial charge on any atom is 0.573 e. The molecule has 0 radical (unpaired) electrons. The molecule has 184 valence electrons. The topological polar surface area (TPSA) is 83.1 Å². The van der Waals surface area contributed by atoms with Gasteiger partial charge in [0.25, 0.3) is 0 Å². The molecule has 2 amide bonds. The number of ether oxygens (including phenoxy) is 2. The molecule has 1 aliphatic rings. The monoisotopic (exact) mass is 480 g/mol. The van der Waals surface area contributed by atoms with E-state index in [0.29, 0.717) is 13.0 Å². The summed E-state index contributed by atoms with van der Waals surface area (Å²) in [5.74, 6) is -1.29. The molecule has 0 saturated carbocycles. The number of piperazine rings is 1. The van der Waals surface area contributed by atoms with Crippen LogP contribution in [0.2, 0.25) is 0 Å². The van der Waals surface area contributed by atoms with Crippen molar-refractivity contribution in [3.8, 4) is 11.5 Å². The number of halogens is 3. The fraction of sp³-hybridized carbons (Fsp3) is 0.391. The van der Waals surface area contributed by atoms with Gasteiger partial charge in [-0.15, -0.1) is 13.2 Å². The molecule has 11 heteroatoms. The molecule has 0 atom stereocenters. The standard InChI is InChI=1S/C23H27F3N4O4/c1-33-19-9-5-18(6-10-19)30-15-13-29(14-16-30)12-2-11-27-21(31)22(32)28-17-3-7-20(8-4-17)34-23(24,25)26/h3-10H,2,11-16H2,1H3,(H,27,31)(H,28,32). The van der Waals surface area contributed by atoms with Gasteiger partial charge in [-0.2, -0.15) is 0 Å². The lowest BCUT2D eigenvalue weighted by atomic mass is 10.2. The third kappa shape index (κ3) is 7.84. The minimum absolute atomic E-state index is 0.185. The molecule has 0 bridgehead atoms. The van der Waals surface area contributed by atoms with Crippen LogP contribution in [0.1, 0.15) is 6.42 Å². The highest BCUT2D eigenvalue weighted by molar-refractivity contribution is 6.39. The van der Waals surface area contributed by atoms with Crippen LogP contribution in [0.15, 0.2) is 48.5 Å².